The summed E-state index contributed by atoms with van der Waals surface area (Å²) in [4.78, 5) is 64.8. The molecule has 0 aliphatic heterocycles. The molecule has 1 amide bonds. The zero-order valence-corrected chi connectivity index (χ0v) is 20.8. The predicted octanol–water partition coefficient (Wildman–Crippen LogP) is 3.18. The second-order valence-electron chi connectivity index (χ2n) is 9.48. The van der Waals surface area contributed by atoms with E-state index < -0.39 is 17.2 Å². The van der Waals surface area contributed by atoms with E-state index in [-0.39, 0.29) is 34.0 Å². The topological polar surface area (TPSA) is 143 Å². The van der Waals surface area contributed by atoms with E-state index in [1.54, 1.807) is 37.3 Å². The molecular weight excluding hydrogens is 460 g/mol. The molecule has 36 heavy (non-hydrogen) atoms. The number of fused-ring (bicyclic) bond motifs is 1. The third-order valence-corrected chi connectivity index (χ3v) is 5.62. The number of aromatic nitrogens is 5. The Morgan fingerprint density at radius 3 is 2.44 bits per heavy atom. The molecule has 0 bridgehead atoms. The summed E-state index contributed by atoms with van der Waals surface area (Å²) in [6, 6.07) is 9.85. The van der Waals surface area contributed by atoms with Crippen molar-refractivity contribution in [1.29, 1.82) is 0 Å². The Bertz CT molecular complexity index is 1650. The van der Waals surface area contributed by atoms with Crippen LogP contribution in [0.5, 0.6) is 0 Å². The summed E-state index contributed by atoms with van der Waals surface area (Å²) in [6.45, 7) is 9.81. The van der Waals surface area contributed by atoms with Gasteiger partial charge >= 0.3 is 5.69 Å². The summed E-state index contributed by atoms with van der Waals surface area (Å²) < 4.78 is 1.41. The molecule has 0 aliphatic carbocycles. The number of nitrogens with one attached hydrogen (secondary N) is 3. The number of benzene rings is 1. The maximum atomic E-state index is 13.5. The smallest absolute Gasteiger partial charge is 0.322 e. The molecule has 0 unspecified atom stereocenters. The fourth-order valence-electron chi connectivity index (χ4n) is 3.96. The molecule has 0 fully saturated rings. The van der Waals surface area contributed by atoms with Crippen LogP contribution < -0.4 is 22.1 Å². The monoisotopic (exact) mass is 488 g/mol. The second kappa shape index (κ2) is 9.73. The Balaban J connectivity index is 1.83. The number of nitrogens with zero attached hydrogens (tertiary/aromatic N) is 3. The number of aryl methyl sites for hydroxylation is 1. The lowest BCUT2D eigenvalue weighted by molar-refractivity contribution is 0.102. The lowest BCUT2D eigenvalue weighted by Gasteiger charge is -2.16. The normalized spacial score (nSPS) is 11.4. The maximum absolute atomic E-state index is 13.5. The summed E-state index contributed by atoms with van der Waals surface area (Å²) >= 11 is 0. The molecule has 10 nitrogen and oxygen atoms in total. The first-order chi connectivity index (χ1) is 17.0. The van der Waals surface area contributed by atoms with Crippen molar-refractivity contribution in [2.24, 2.45) is 5.92 Å². The molecule has 0 saturated carbocycles. The minimum Gasteiger partial charge on any atom is -0.322 e. The van der Waals surface area contributed by atoms with Gasteiger partial charge in [-0.2, -0.15) is 0 Å². The third-order valence-electron chi connectivity index (χ3n) is 5.62. The molecule has 0 spiro atoms. The van der Waals surface area contributed by atoms with Crippen LogP contribution in [0.1, 0.15) is 55.4 Å². The van der Waals surface area contributed by atoms with Crippen LogP contribution in [-0.4, -0.2) is 30.4 Å². The molecule has 0 saturated heterocycles. The number of rotatable bonds is 6. The van der Waals surface area contributed by atoms with Crippen LogP contribution in [0.15, 0.2) is 50.8 Å². The Hall–Kier alpha value is -4.34. The highest BCUT2D eigenvalue weighted by Gasteiger charge is 2.21. The minimum absolute atomic E-state index is 0.0459. The van der Waals surface area contributed by atoms with Gasteiger partial charge in [-0.05, 0) is 37.0 Å². The van der Waals surface area contributed by atoms with Gasteiger partial charge in [-0.3, -0.25) is 23.9 Å². The van der Waals surface area contributed by atoms with Crippen molar-refractivity contribution < 1.29 is 4.79 Å². The molecule has 3 heterocycles. The Morgan fingerprint density at radius 2 is 1.78 bits per heavy atom. The van der Waals surface area contributed by atoms with Crippen molar-refractivity contribution in [3.05, 3.63) is 84.5 Å². The van der Waals surface area contributed by atoms with E-state index in [9.17, 15) is 19.2 Å². The number of hydrogen-bond donors (Lipinski definition) is 3. The molecule has 3 N–H and O–H groups in total. The molecule has 186 valence electrons. The lowest BCUT2D eigenvalue weighted by Crippen LogP contribution is -2.33. The van der Waals surface area contributed by atoms with Crippen molar-refractivity contribution in [3.63, 3.8) is 0 Å². The molecule has 4 rings (SSSR count). The predicted molar refractivity (Wildman–Crippen MR) is 139 cm³/mol. The van der Waals surface area contributed by atoms with E-state index in [0.29, 0.717) is 35.0 Å². The molecule has 3 aromatic heterocycles. The molecule has 0 atom stereocenters. The average molecular weight is 489 g/mol. The number of aromatic amines is 2. The van der Waals surface area contributed by atoms with Crippen LogP contribution >= 0.6 is 0 Å². The van der Waals surface area contributed by atoms with Gasteiger partial charge in [0, 0.05) is 35.2 Å². The zero-order valence-electron chi connectivity index (χ0n) is 20.8. The zero-order chi connectivity index (χ0) is 26.1. The number of carbonyl (C=O) groups is 1. The molecule has 0 aliphatic rings. The summed E-state index contributed by atoms with van der Waals surface area (Å²) in [7, 11) is 0. The summed E-state index contributed by atoms with van der Waals surface area (Å²) in [5.74, 6) is -0.0764. The number of pyridine rings is 1. The second-order valence-corrected chi connectivity index (χ2v) is 9.48. The summed E-state index contributed by atoms with van der Waals surface area (Å²) in [5.41, 5.74) is 1.02. The van der Waals surface area contributed by atoms with E-state index >= 15 is 0 Å². The lowest BCUT2D eigenvalue weighted by atomic mass is 10.0. The van der Waals surface area contributed by atoms with Crippen LogP contribution in [0.2, 0.25) is 0 Å². The summed E-state index contributed by atoms with van der Waals surface area (Å²) in [6.07, 6.45) is 0. The van der Waals surface area contributed by atoms with Crippen molar-refractivity contribution in [3.8, 4) is 11.4 Å². The van der Waals surface area contributed by atoms with Gasteiger partial charge in [0.15, 0.2) is 5.65 Å². The van der Waals surface area contributed by atoms with Crippen LogP contribution in [0.4, 0.5) is 5.69 Å². The Morgan fingerprint density at radius 1 is 1.03 bits per heavy atom. The van der Waals surface area contributed by atoms with Crippen molar-refractivity contribution >= 4 is 22.6 Å². The quantitative estimate of drug-likeness (QED) is 0.380. The van der Waals surface area contributed by atoms with E-state index in [1.165, 1.54) is 10.6 Å². The Kier molecular flexibility index (Phi) is 6.69. The first-order valence-electron chi connectivity index (χ1n) is 11.7. The van der Waals surface area contributed by atoms with Crippen LogP contribution in [0.25, 0.3) is 22.4 Å². The third kappa shape index (κ3) is 5.02. The Labute approximate surface area is 206 Å². The number of hydrogen-bond acceptors (Lipinski definition) is 6. The van der Waals surface area contributed by atoms with E-state index in [0.717, 1.165) is 0 Å². The van der Waals surface area contributed by atoms with Gasteiger partial charge in [-0.1, -0.05) is 39.8 Å². The average Bonchev–Trinajstić information content (AvgIpc) is 2.80. The maximum Gasteiger partial charge on any atom is 0.330 e. The van der Waals surface area contributed by atoms with Crippen molar-refractivity contribution in [2.75, 3.05) is 5.32 Å². The van der Waals surface area contributed by atoms with Gasteiger partial charge in [0.1, 0.15) is 5.82 Å². The van der Waals surface area contributed by atoms with Crippen LogP contribution in [0, 0.1) is 12.8 Å². The van der Waals surface area contributed by atoms with Gasteiger partial charge in [-0.15, -0.1) is 0 Å². The fourth-order valence-corrected chi connectivity index (χ4v) is 3.96. The van der Waals surface area contributed by atoms with Gasteiger partial charge in [0.2, 0.25) is 0 Å². The highest BCUT2D eigenvalue weighted by molar-refractivity contribution is 6.12. The van der Waals surface area contributed by atoms with Crippen LogP contribution in [0.3, 0.4) is 0 Å². The van der Waals surface area contributed by atoms with Gasteiger partial charge < -0.3 is 10.3 Å². The molecular formula is C26H28N6O4. The van der Waals surface area contributed by atoms with E-state index in [4.69, 9.17) is 0 Å². The minimum atomic E-state index is -0.668. The molecule has 1 aromatic carbocycles. The number of carbonyl (C=O) groups excluding carboxylic acids is 1. The fraction of sp³-hybridized carbons (Fsp3) is 0.308. The molecule has 0 radical (unpaired) electrons. The highest BCUT2D eigenvalue weighted by atomic mass is 16.2. The van der Waals surface area contributed by atoms with Crippen molar-refractivity contribution in [2.45, 2.75) is 47.1 Å². The SMILES string of the molecule is Cc1cc(=O)[nH]c(-c2cccc(NC(=O)c3cc(C(C)C)nc4c3c(=O)[nH]c(=O)n4CC(C)C)c2)n1. The first kappa shape index (κ1) is 24.8. The van der Waals surface area contributed by atoms with Gasteiger partial charge in [0.05, 0.1) is 10.9 Å². The largest absolute Gasteiger partial charge is 0.330 e. The standard InChI is InChI=1S/C26H28N6O4/c1-13(2)12-32-23-21(25(35)31-26(32)36)18(11-19(29-23)14(3)4)24(34)28-17-8-6-7-16(10-17)22-27-15(5)9-20(33)30-22/h6-11,13-14H,12H2,1-5H3,(H,28,34)(H,27,30,33)(H,31,35,36). The van der Waals surface area contributed by atoms with Gasteiger partial charge in [-0.25, -0.2) is 14.8 Å². The molecule has 4 aromatic rings. The van der Waals surface area contributed by atoms with E-state index in [1.807, 2.05) is 27.7 Å². The van der Waals surface area contributed by atoms with Gasteiger partial charge in [0.25, 0.3) is 17.0 Å². The first-order valence-corrected chi connectivity index (χ1v) is 11.7. The van der Waals surface area contributed by atoms with Crippen molar-refractivity contribution in [1.82, 2.24) is 24.5 Å². The number of amides is 1. The molecule has 10 heteroatoms. The highest BCUT2D eigenvalue weighted by Crippen LogP contribution is 2.23. The summed E-state index contributed by atoms with van der Waals surface area (Å²) in [5, 5.41) is 2.88. The number of H-pyrrole nitrogens is 2. The van der Waals surface area contributed by atoms with Crippen LogP contribution in [-0.2, 0) is 6.54 Å². The van der Waals surface area contributed by atoms with E-state index in [2.05, 4.69) is 25.3 Å². The number of anilines is 1.